The molecule has 0 bridgehead atoms. The summed E-state index contributed by atoms with van der Waals surface area (Å²) in [4.78, 5) is 40.5. The number of hydrogen-bond acceptors (Lipinski definition) is 5. The molecule has 3 aliphatic rings. The summed E-state index contributed by atoms with van der Waals surface area (Å²) in [5, 5.41) is 11.5. The molecular weight excluding hydrogens is 346 g/mol. The molecule has 0 aromatic heterocycles. The van der Waals surface area contributed by atoms with Gasteiger partial charge >= 0.3 is 0 Å². The minimum atomic E-state index is -0.578. The number of carbonyl (C=O) groups is 3. The van der Waals surface area contributed by atoms with Gasteiger partial charge < -0.3 is 14.9 Å². The third-order valence-corrected chi connectivity index (χ3v) is 6.05. The molecule has 3 amide bonds. The van der Waals surface area contributed by atoms with E-state index in [9.17, 15) is 14.4 Å². The molecule has 144 valence electrons. The summed E-state index contributed by atoms with van der Waals surface area (Å²) in [6, 6.07) is 5.20. The fourth-order valence-corrected chi connectivity index (χ4v) is 4.51. The highest BCUT2D eigenvalue weighted by Crippen LogP contribution is 2.35. The van der Waals surface area contributed by atoms with Crippen molar-refractivity contribution in [2.45, 2.75) is 44.7 Å². The maximum Gasteiger partial charge on any atom is 0.255 e. The monoisotopic (exact) mass is 371 g/mol. The van der Waals surface area contributed by atoms with Crippen molar-refractivity contribution < 1.29 is 19.5 Å². The number of aliphatic hydroxyl groups is 1. The number of imide groups is 1. The van der Waals surface area contributed by atoms with Crippen LogP contribution in [0.5, 0.6) is 0 Å². The highest BCUT2D eigenvalue weighted by Gasteiger charge is 2.40. The quantitative estimate of drug-likeness (QED) is 0.772. The molecule has 7 nitrogen and oxygen atoms in total. The molecule has 3 aliphatic heterocycles. The number of rotatable bonds is 4. The molecule has 0 saturated carbocycles. The van der Waals surface area contributed by atoms with Crippen molar-refractivity contribution in [3.8, 4) is 0 Å². The van der Waals surface area contributed by atoms with Gasteiger partial charge in [-0.05, 0) is 43.7 Å². The Morgan fingerprint density at radius 3 is 2.59 bits per heavy atom. The van der Waals surface area contributed by atoms with Gasteiger partial charge in [-0.3, -0.25) is 19.7 Å². The molecule has 1 aromatic carbocycles. The lowest BCUT2D eigenvalue weighted by molar-refractivity contribution is -0.136. The minimum Gasteiger partial charge on any atom is -0.396 e. The van der Waals surface area contributed by atoms with Gasteiger partial charge in [0.2, 0.25) is 11.8 Å². The molecule has 1 aromatic rings. The van der Waals surface area contributed by atoms with Crippen LogP contribution in [0.15, 0.2) is 18.2 Å². The van der Waals surface area contributed by atoms with E-state index in [-0.39, 0.29) is 30.7 Å². The van der Waals surface area contributed by atoms with Crippen LogP contribution in [0.3, 0.4) is 0 Å². The number of piperidine rings is 2. The molecule has 2 N–H and O–H groups in total. The Hall–Kier alpha value is -2.41. The first-order valence-corrected chi connectivity index (χ1v) is 9.71. The Balaban J connectivity index is 1.53. The Kier molecular flexibility index (Phi) is 4.86. The smallest absolute Gasteiger partial charge is 0.255 e. The van der Waals surface area contributed by atoms with Crippen LogP contribution >= 0.6 is 0 Å². The molecule has 1 atom stereocenters. The average molecular weight is 371 g/mol. The summed E-state index contributed by atoms with van der Waals surface area (Å²) in [7, 11) is 0. The number of benzene rings is 1. The molecule has 3 heterocycles. The number of fused-ring (bicyclic) bond motifs is 1. The number of aliphatic hydroxyl groups excluding tert-OH is 1. The number of nitrogens with zero attached hydrogens (tertiary/aromatic N) is 2. The zero-order valence-electron chi connectivity index (χ0n) is 15.3. The molecule has 2 saturated heterocycles. The van der Waals surface area contributed by atoms with Gasteiger partial charge in [0.25, 0.3) is 5.91 Å². The topological polar surface area (TPSA) is 90.0 Å². The standard InChI is InChI=1S/C20H25N3O4/c24-11-8-13-6-9-22(10-7-13)16-3-1-2-14-15(16)12-23(20(14)27)17-4-5-18(25)21-19(17)26/h1-3,13,17,24H,4-12H2,(H,21,25,26). The van der Waals surface area contributed by atoms with Crippen LogP contribution in [-0.4, -0.2) is 53.5 Å². The fourth-order valence-electron chi connectivity index (χ4n) is 4.51. The van der Waals surface area contributed by atoms with E-state index in [4.69, 9.17) is 5.11 Å². The molecule has 0 spiro atoms. The highest BCUT2D eigenvalue weighted by molar-refractivity contribution is 6.06. The second-order valence-corrected chi connectivity index (χ2v) is 7.65. The lowest BCUT2D eigenvalue weighted by Gasteiger charge is -2.34. The number of anilines is 1. The maximum absolute atomic E-state index is 12.9. The fraction of sp³-hybridized carbons (Fsp3) is 0.550. The second-order valence-electron chi connectivity index (χ2n) is 7.65. The number of amides is 3. The summed E-state index contributed by atoms with van der Waals surface area (Å²) in [6.45, 7) is 2.47. The molecule has 0 aliphatic carbocycles. The van der Waals surface area contributed by atoms with Gasteiger partial charge in [0.05, 0.1) is 0 Å². The van der Waals surface area contributed by atoms with Gasteiger partial charge in [-0.15, -0.1) is 0 Å². The van der Waals surface area contributed by atoms with E-state index in [2.05, 4.69) is 10.2 Å². The van der Waals surface area contributed by atoms with Gasteiger partial charge in [-0.25, -0.2) is 0 Å². The summed E-state index contributed by atoms with van der Waals surface area (Å²) in [5.74, 6) is -0.216. The van der Waals surface area contributed by atoms with Crippen molar-refractivity contribution in [1.29, 1.82) is 0 Å². The van der Waals surface area contributed by atoms with E-state index in [1.165, 1.54) is 0 Å². The molecule has 4 rings (SSSR count). The summed E-state index contributed by atoms with van der Waals surface area (Å²) < 4.78 is 0. The van der Waals surface area contributed by atoms with Crippen LogP contribution < -0.4 is 10.2 Å². The van der Waals surface area contributed by atoms with E-state index in [0.717, 1.165) is 43.6 Å². The van der Waals surface area contributed by atoms with Crippen LogP contribution in [-0.2, 0) is 16.1 Å². The third-order valence-electron chi connectivity index (χ3n) is 6.05. The summed E-state index contributed by atoms with van der Waals surface area (Å²) in [6.07, 6.45) is 3.57. The second kappa shape index (κ2) is 7.31. The first-order chi connectivity index (χ1) is 13.1. The summed E-state index contributed by atoms with van der Waals surface area (Å²) in [5.41, 5.74) is 2.71. The van der Waals surface area contributed by atoms with Crippen molar-refractivity contribution in [3.05, 3.63) is 29.3 Å². The molecule has 27 heavy (non-hydrogen) atoms. The van der Waals surface area contributed by atoms with Crippen molar-refractivity contribution in [2.24, 2.45) is 5.92 Å². The predicted molar refractivity (Wildman–Crippen MR) is 99.1 cm³/mol. The lowest BCUT2D eigenvalue weighted by Crippen LogP contribution is -2.52. The van der Waals surface area contributed by atoms with E-state index in [1.54, 1.807) is 4.90 Å². The van der Waals surface area contributed by atoms with Crippen LogP contribution in [0.2, 0.25) is 0 Å². The third kappa shape index (κ3) is 3.32. The predicted octanol–water partition coefficient (Wildman–Crippen LogP) is 1.05. The van der Waals surface area contributed by atoms with E-state index in [0.29, 0.717) is 24.4 Å². The normalized spacial score (nSPS) is 23.6. The van der Waals surface area contributed by atoms with Crippen molar-refractivity contribution in [3.63, 3.8) is 0 Å². The first kappa shape index (κ1) is 18.0. The van der Waals surface area contributed by atoms with E-state index < -0.39 is 6.04 Å². The Labute approximate surface area is 158 Å². The van der Waals surface area contributed by atoms with Gasteiger partial charge in [0.15, 0.2) is 0 Å². The zero-order chi connectivity index (χ0) is 19.0. The van der Waals surface area contributed by atoms with Gasteiger partial charge in [-0.1, -0.05) is 6.07 Å². The van der Waals surface area contributed by atoms with Crippen molar-refractivity contribution >= 4 is 23.4 Å². The number of nitrogens with one attached hydrogen (secondary N) is 1. The molecule has 1 unspecified atom stereocenters. The Morgan fingerprint density at radius 2 is 1.89 bits per heavy atom. The van der Waals surface area contributed by atoms with Crippen LogP contribution in [0.25, 0.3) is 0 Å². The van der Waals surface area contributed by atoms with Crippen molar-refractivity contribution in [2.75, 3.05) is 24.6 Å². The Morgan fingerprint density at radius 1 is 1.11 bits per heavy atom. The van der Waals surface area contributed by atoms with Crippen LogP contribution in [0.4, 0.5) is 5.69 Å². The minimum absolute atomic E-state index is 0.128. The van der Waals surface area contributed by atoms with E-state index >= 15 is 0 Å². The number of hydrogen-bond donors (Lipinski definition) is 2. The van der Waals surface area contributed by atoms with Crippen LogP contribution in [0.1, 0.15) is 48.0 Å². The number of carbonyl (C=O) groups excluding carboxylic acids is 3. The Bertz CT molecular complexity index is 770. The zero-order valence-corrected chi connectivity index (χ0v) is 15.3. The lowest BCUT2D eigenvalue weighted by atomic mass is 9.93. The largest absolute Gasteiger partial charge is 0.396 e. The average Bonchev–Trinajstić information content (AvgIpc) is 3.00. The van der Waals surface area contributed by atoms with Crippen molar-refractivity contribution in [1.82, 2.24) is 10.2 Å². The van der Waals surface area contributed by atoms with Crippen LogP contribution in [0, 0.1) is 5.92 Å². The SMILES string of the molecule is O=C1CCC(N2Cc3c(cccc3N3CCC(CCO)CC3)C2=O)C(=O)N1. The van der Waals surface area contributed by atoms with Gasteiger partial charge in [-0.2, -0.15) is 0 Å². The molecule has 0 radical (unpaired) electrons. The maximum atomic E-state index is 12.9. The molecule has 7 heteroatoms. The molecular formula is C20H25N3O4. The summed E-state index contributed by atoms with van der Waals surface area (Å²) >= 11 is 0. The first-order valence-electron chi connectivity index (χ1n) is 9.71. The van der Waals surface area contributed by atoms with Gasteiger partial charge in [0.1, 0.15) is 6.04 Å². The van der Waals surface area contributed by atoms with E-state index in [1.807, 2.05) is 18.2 Å². The highest BCUT2D eigenvalue weighted by atomic mass is 16.3. The van der Waals surface area contributed by atoms with Gasteiger partial charge in [0, 0.05) is 49.5 Å². The molecule has 2 fully saturated rings.